The number of anilines is 1. The van der Waals surface area contributed by atoms with Gasteiger partial charge in [-0.05, 0) is 50.5 Å². The number of ether oxygens (including phenoxy) is 1. The van der Waals surface area contributed by atoms with E-state index >= 15 is 0 Å². The lowest BCUT2D eigenvalue weighted by molar-refractivity contribution is -0.121. The van der Waals surface area contributed by atoms with Crippen molar-refractivity contribution in [2.45, 2.75) is 32.7 Å². The molecule has 0 aliphatic heterocycles. The van der Waals surface area contributed by atoms with Gasteiger partial charge in [0.15, 0.2) is 0 Å². The Bertz CT molecular complexity index is 934. The minimum absolute atomic E-state index is 0.150. The van der Waals surface area contributed by atoms with Gasteiger partial charge in [-0.25, -0.2) is 12.8 Å². The third kappa shape index (κ3) is 6.19. The Kier molecular flexibility index (Phi) is 8.01. The molecule has 2 rings (SSSR count). The summed E-state index contributed by atoms with van der Waals surface area (Å²) in [5.74, 6) is -0.376. The third-order valence-electron chi connectivity index (χ3n) is 4.37. The van der Waals surface area contributed by atoms with Crippen LogP contribution >= 0.6 is 0 Å². The molecule has 0 aromatic heterocycles. The van der Waals surface area contributed by atoms with Crippen LogP contribution in [-0.4, -0.2) is 39.8 Å². The van der Waals surface area contributed by atoms with Gasteiger partial charge in [-0.1, -0.05) is 30.3 Å². The maximum absolute atomic E-state index is 14.1. The van der Waals surface area contributed by atoms with Gasteiger partial charge in [0.25, 0.3) is 0 Å². The fourth-order valence-corrected chi connectivity index (χ4v) is 4.23. The summed E-state index contributed by atoms with van der Waals surface area (Å²) in [7, 11) is -3.85. The molecule has 8 heteroatoms. The number of halogens is 1. The van der Waals surface area contributed by atoms with Gasteiger partial charge in [0.1, 0.15) is 17.6 Å². The smallest absolute Gasteiger partial charge is 0.243 e. The highest BCUT2D eigenvalue weighted by molar-refractivity contribution is 7.92. The summed E-state index contributed by atoms with van der Waals surface area (Å²) in [4.78, 5) is 12.5. The Morgan fingerprint density at radius 2 is 1.83 bits per heavy atom. The molecule has 0 unspecified atom stereocenters. The lowest BCUT2D eigenvalue weighted by atomic mass is 10.1. The second kappa shape index (κ2) is 10.2. The second-order valence-corrected chi connectivity index (χ2v) is 8.48. The molecule has 0 saturated heterocycles. The van der Waals surface area contributed by atoms with E-state index in [1.165, 1.54) is 25.1 Å². The molecular weight excluding hydrogens is 395 g/mol. The molecule has 1 N–H and O–H groups in total. The Morgan fingerprint density at radius 1 is 1.17 bits per heavy atom. The highest BCUT2D eigenvalue weighted by Crippen LogP contribution is 2.24. The van der Waals surface area contributed by atoms with Gasteiger partial charge in [0, 0.05) is 6.54 Å². The van der Waals surface area contributed by atoms with Crippen LogP contribution in [0.15, 0.2) is 48.5 Å². The summed E-state index contributed by atoms with van der Waals surface area (Å²) in [5, 5.41) is 2.74. The fourth-order valence-electron chi connectivity index (χ4n) is 3.06. The molecule has 0 saturated carbocycles. The van der Waals surface area contributed by atoms with Crippen LogP contribution in [0.5, 0.6) is 5.75 Å². The first kappa shape index (κ1) is 22.7. The van der Waals surface area contributed by atoms with Crippen molar-refractivity contribution in [1.29, 1.82) is 0 Å². The van der Waals surface area contributed by atoms with E-state index in [0.29, 0.717) is 26.0 Å². The number of hydrogen-bond donors (Lipinski definition) is 1. The lowest BCUT2D eigenvalue weighted by Gasteiger charge is -2.28. The van der Waals surface area contributed by atoms with Crippen LogP contribution in [0.1, 0.15) is 25.8 Å². The molecule has 2 aromatic rings. The van der Waals surface area contributed by atoms with Crippen LogP contribution < -0.4 is 14.4 Å². The molecule has 0 heterocycles. The number of benzene rings is 2. The van der Waals surface area contributed by atoms with Crippen LogP contribution in [0, 0.1) is 5.82 Å². The Hall–Kier alpha value is -2.61. The molecule has 1 amide bonds. The maximum atomic E-state index is 14.1. The van der Waals surface area contributed by atoms with E-state index < -0.39 is 27.8 Å². The zero-order chi connectivity index (χ0) is 21.4. The van der Waals surface area contributed by atoms with E-state index in [2.05, 4.69) is 5.32 Å². The van der Waals surface area contributed by atoms with Crippen molar-refractivity contribution in [2.24, 2.45) is 0 Å². The Labute approximate surface area is 171 Å². The van der Waals surface area contributed by atoms with Crippen molar-refractivity contribution in [3.8, 4) is 5.75 Å². The molecule has 6 nitrogen and oxygen atoms in total. The van der Waals surface area contributed by atoms with E-state index in [-0.39, 0.29) is 5.69 Å². The standard InChI is InChI=1S/C21H27FN2O4S/c1-4-28-20-14-8-5-10-17(20)11-9-15-23-21(25)16(2)24(29(3,26)27)19-13-7-6-12-18(19)22/h5-8,10,12-14,16H,4,9,11,15H2,1-3H3,(H,23,25)/t16-/m1/s1. The lowest BCUT2D eigenvalue weighted by Crippen LogP contribution is -2.48. The van der Waals surface area contributed by atoms with E-state index in [4.69, 9.17) is 4.74 Å². The molecule has 0 bridgehead atoms. The summed E-state index contributed by atoms with van der Waals surface area (Å²) < 4.78 is 45.0. The molecule has 0 aliphatic rings. The monoisotopic (exact) mass is 422 g/mol. The van der Waals surface area contributed by atoms with Gasteiger partial charge >= 0.3 is 0 Å². The molecule has 2 aromatic carbocycles. The van der Waals surface area contributed by atoms with Crippen molar-refractivity contribution in [3.05, 3.63) is 59.9 Å². The minimum atomic E-state index is -3.85. The zero-order valence-electron chi connectivity index (χ0n) is 16.9. The first-order valence-corrected chi connectivity index (χ1v) is 11.3. The third-order valence-corrected chi connectivity index (χ3v) is 5.60. The topological polar surface area (TPSA) is 75.7 Å². The molecule has 0 aliphatic carbocycles. The zero-order valence-corrected chi connectivity index (χ0v) is 17.7. The molecule has 29 heavy (non-hydrogen) atoms. The molecule has 158 valence electrons. The van der Waals surface area contributed by atoms with Crippen molar-refractivity contribution >= 4 is 21.6 Å². The SMILES string of the molecule is CCOc1ccccc1CCCNC(=O)[C@@H](C)N(c1ccccc1F)S(C)(=O)=O. The van der Waals surface area contributed by atoms with Crippen LogP contribution in [0.4, 0.5) is 10.1 Å². The largest absolute Gasteiger partial charge is 0.494 e. The van der Waals surface area contributed by atoms with E-state index in [0.717, 1.165) is 27.9 Å². The van der Waals surface area contributed by atoms with Gasteiger partial charge in [0.2, 0.25) is 15.9 Å². The average molecular weight is 423 g/mol. The number of carbonyl (C=O) groups is 1. The van der Waals surface area contributed by atoms with Gasteiger partial charge in [0.05, 0.1) is 18.6 Å². The second-order valence-electron chi connectivity index (χ2n) is 6.62. The average Bonchev–Trinajstić information content (AvgIpc) is 2.67. The predicted octanol–water partition coefficient (Wildman–Crippen LogP) is 3.13. The summed E-state index contributed by atoms with van der Waals surface area (Å²) in [6, 6.07) is 12.1. The minimum Gasteiger partial charge on any atom is -0.494 e. The Morgan fingerprint density at radius 3 is 2.48 bits per heavy atom. The van der Waals surface area contributed by atoms with Crippen LogP contribution in [0.3, 0.4) is 0 Å². The van der Waals surface area contributed by atoms with Gasteiger partial charge < -0.3 is 10.1 Å². The summed E-state index contributed by atoms with van der Waals surface area (Å²) in [6.45, 7) is 4.29. The van der Waals surface area contributed by atoms with Crippen LogP contribution in [-0.2, 0) is 21.2 Å². The van der Waals surface area contributed by atoms with Crippen LogP contribution in [0.25, 0.3) is 0 Å². The first-order chi connectivity index (χ1) is 13.8. The summed E-state index contributed by atoms with van der Waals surface area (Å²) >= 11 is 0. The van der Waals surface area contributed by atoms with E-state index in [1.54, 1.807) is 0 Å². The number of carbonyl (C=O) groups excluding carboxylic acids is 1. The predicted molar refractivity (Wildman–Crippen MR) is 112 cm³/mol. The highest BCUT2D eigenvalue weighted by atomic mass is 32.2. The van der Waals surface area contributed by atoms with E-state index in [1.807, 2.05) is 31.2 Å². The number of aryl methyl sites for hydroxylation is 1. The summed E-state index contributed by atoms with van der Waals surface area (Å²) in [5.41, 5.74) is 0.893. The number of sulfonamides is 1. The normalized spacial score (nSPS) is 12.3. The van der Waals surface area contributed by atoms with Gasteiger partial charge in [-0.3, -0.25) is 9.10 Å². The number of para-hydroxylation sites is 2. The van der Waals surface area contributed by atoms with Crippen molar-refractivity contribution in [1.82, 2.24) is 5.32 Å². The Balaban J connectivity index is 2.00. The quantitative estimate of drug-likeness (QED) is 0.597. The number of hydrogen-bond acceptors (Lipinski definition) is 4. The molecule has 0 spiro atoms. The number of amides is 1. The number of rotatable bonds is 10. The van der Waals surface area contributed by atoms with Crippen LogP contribution in [0.2, 0.25) is 0 Å². The van der Waals surface area contributed by atoms with Crippen molar-refractivity contribution in [3.63, 3.8) is 0 Å². The van der Waals surface area contributed by atoms with E-state index in [9.17, 15) is 17.6 Å². The number of nitrogens with zero attached hydrogens (tertiary/aromatic N) is 1. The van der Waals surface area contributed by atoms with Gasteiger partial charge in [-0.2, -0.15) is 0 Å². The molecule has 0 radical (unpaired) electrons. The van der Waals surface area contributed by atoms with Crippen molar-refractivity contribution in [2.75, 3.05) is 23.7 Å². The van der Waals surface area contributed by atoms with Crippen molar-refractivity contribution < 1.29 is 22.3 Å². The first-order valence-electron chi connectivity index (χ1n) is 9.48. The molecular formula is C21H27FN2O4S. The van der Waals surface area contributed by atoms with Gasteiger partial charge in [-0.15, -0.1) is 0 Å². The maximum Gasteiger partial charge on any atom is 0.243 e. The molecule has 1 atom stereocenters. The fraction of sp³-hybridized carbons (Fsp3) is 0.381. The summed E-state index contributed by atoms with van der Waals surface area (Å²) in [6.07, 6.45) is 2.31. The molecule has 0 fully saturated rings. The number of nitrogens with one attached hydrogen (secondary N) is 1. The highest BCUT2D eigenvalue weighted by Gasteiger charge is 2.30.